The van der Waals surface area contributed by atoms with Crippen molar-refractivity contribution in [1.82, 2.24) is 14.9 Å². The van der Waals surface area contributed by atoms with E-state index in [2.05, 4.69) is 15.2 Å². The highest BCUT2D eigenvalue weighted by Gasteiger charge is 2.47. The standard InChI is InChI=1S/C17H26N4O3/c1-20-12-9-18-16(20)21-10-5-13(6-11-21)19-14(22)17(15(23)24)7-3-2-4-8-17/h9,12-13H,2-8,10-11H2,1H3,(H,19,22)(H,23,24). The van der Waals surface area contributed by atoms with Gasteiger partial charge in [0.15, 0.2) is 0 Å². The van der Waals surface area contributed by atoms with Gasteiger partial charge in [-0.25, -0.2) is 4.98 Å². The van der Waals surface area contributed by atoms with Crippen molar-refractivity contribution in [3.8, 4) is 0 Å². The molecule has 1 aliphatic carbocycles. The van der Waals surface area contributed by atoms with E-state index in [1.807, 2.05) is 17.8 Å². The lowest BCUT2D eigenvalue weighted by molar-refractivity contribution is -0.158. The molecule has 0 spiro atoms. The fraction of sp³-hybridized carbons (Fsp3) is 0.706. The predicted octanol–water partition coefficient (Wildman–Crippen LogP) is 1.54. The van der Waals surface area contributed by atoms with Gasteiger partial charge in [0.05, 0.1) is 0 Å². The summed E-state index contributed by atoms with van der Waals surface area (Å²) in [7, 11) is 1.97. The van der Waals surface area contributed by atoms with Crippen LogP contribution >= 0.6 is 0 Å². The Bertz CT molecular complexity index is 599. The first-order valence-corrected chi connectivity index (χ1v) is 8.79. The molecule has 2 fully saturated rings. The van der Waals surface area contributed by atoms with Crippen LogP contribution in [0.15, 0.2) is 12.4 Å². The zero-order valence-corrected chi connectivity index (χ0v) is 14.2. The Labute approximate surface area is 142 Å². The summed E-state index contributed by atoms with van der Waals surface area (Å²) in [6.07, 6.45) is 8.90. The number of amides is 1. The second-order valence-corrected chi connectivity index (χ2v) is 7.02. The summed E-state index contributed by atoms with van der Waals surface area (Å²) in [4.78, 5) is 31.0. The van der Waals surface area contributed by atoms with Crippen LogP contribution in [0.25, 0.3) is 0 Å². The lowest BCUT2D eigenvalue weighted by Crippen LogP contribution is -2.53. The van der Waals surface area contributed by atoms with Crippen molar-refractivity contribution < 1.29 is 14.7 Å². The summed E-state index contributed by atoms with van der Waals surface area (Å²) in [6.45, 7) is 1.63. The van der Waals surface area contributed by atoms with Gasteiger partial charge in [-0.05, 0) is 25.7 Å². The molecule has 1 saturated heterocycles. The number of hydrogen-bond donors (Lipinski definition) is 2. The van der Waals surface area contributed by atoms with E-state index in [-0.39, 0.29) is 11.9 Å². The molecule has 7 nitrogen and oxygen atoms in total. The molecule has 0 bridgehead atoms. The number of hydrogen-bond acceptors (Lipinski definition) is 4. The van der Waals surface area contributed by atoms with E-state index in [1.54, 1.807) is 6.20 Å². The van der Waals surface area contributed by atoms with E-state index in [0.29, 0.717) is 12.8 Å². The maximum absolute atomic E-state index is 12.7. The first kappa shape index (κ1) is 16.8. The second-order valence-electron chi connectivity index (χ2n) is 7.02. The minimum Gasteiger partial charge on any atom is -0.480 e. The molecule has 1 aliphatic heterocycles. The van der Waals surface area contributed by atoms with Crippen molar-refractivity contribution >= 4 is 17.8 Å². The van der Waals surface area contributed by atoms with Crippen LogP contribution in [-0.2, 0) is 16.6 Å². The number of aromatic nitrogens is 2. The van der Waals surface area contributed by atoms with Crippen molar-refractivity contribution in [3.63, 3.8) is 0 Å². The summed E-state index contributed by atoms with van der Waals surface area (Å²) >= 11 is 0. The van der Waals surface area contributed by atoms with Gasteiger partial charge in [0, 0.05) is 38.6 Å². The van der Waals surface area contributed by atoms with Crippen molar-refractivity contribution in [1.29, 1.82) is 0 Å². The monoisotopic (exact) mass is 334 g/mol. The number of carbonyl (C=O) groups is 2. The van der Waals surface area contributed by atoms with Gasteiger partial charge in [0.1, 0.15) is 5.41 Å². The number of aryl methyl sites for hydroxylation is 1. The van der Waals surface area contributed by atoms with Crippen molar-refractivity contribution in [2.24, 2.45) is 12.5 Å². The maximum atomic E-state index is 12.7. The molecule has 24 heavy (non-hydrogen) atoms. The average Bonchev–Trinajstić information content (AvgIpc) is 3.02. The molecule has 2 N–H and O–H groups in total. The lowest BCUT2D eigenvalue weighted by atomic mass is 9.73. The van der Waals surface area contributed by atoms with Crippen molar-refractivity contribution in [2.45, 2.75) is 51.0 Å². The van der Waals surface area contributed by atoms with Crippen LogP contribution in [-0.4, -0.2) is 45.7 Å². The first-order chi connectivity index (χ1) is 11.5. The van der Waals surface area contributed by atoms with Gasteiger partial charge < -0.3 is 19.9 Å². The van der Waals surface area contributed by atoms with Crippen LogP contribution < -0.4 is 10.2 Å². The van der Waals surface area contributed by atoms with Crippen LogP contribution in [0, 0.1) is 5.41 Å². The average molecular weight is 334 g/mol. The summed E-state index contributed by atoms with van der Waals surface area (Å²) in [5.41, 5.74) is -1.21. The molecular weight excluding hydrogens is 308 g/mol. The molecule has 2 aliphatic rings. The summed E-state index contributed by atoms with van der Waals surface area (Å²) in [6, 6.07) is 0.0483. The normalized spacial score (nSPS) is 21.5. The molecule has 2 heterocycles. The van der Waals surface area contributed by atoms with E-state index >= 15 is 0 Å². The van der Waals surface area contributed by atoms with Crippen molar-refractivity contribution in [3.05, 3.63) is 12.4 Å². The molecule has 1 saturated carbocycles. The minimum atomic E-state index is -1.21. The van der Waals surface area contributed by atoms with Gasteiger partial charge >= 0.3 is 5.97 Å². The van der Waals surface area contributed by atoms with Gasteiger partial charge in [-0.1, -0.05) is 19.3 Å². The Morgan fingerprint density at radius 1 is 1.25 bits per heavy atom. The molecule has 7 heteroatoms. The summed E-state index contributed by atoms with van der Waals surface area (Å²) in [5, 5.41) is 12.6. The number of piperidine rings is 1. The van der Waals surface area contributed by atoms with Gasteiger partial charge in [-0.3, -0.25) is 9.59 Å². The molecule has 1 amide bonds. The number of carboxylic acid groups (broad SMARTS) is 1. The Balaban J connectivity index is 1.58. The molecule has 0 unspecified atom stereocenters. The smallest absolute Gasteiger partial charge is 0.319 e. The summed E-state index contributed by atoms with van der Waals surface area (Å²) < 4.78 is 1.99. The number of anilines is 1. The Morgan fingerprint density at radius 3 is 2.46 bits per heavy atom. The number of nitrogens with one attached hydrogen (secondary N) is 1. The molecule has 1 aromatic rings. The second kappa shape index (κ2) is 6.83. The Hall–Kier alpha value is -2.05. The third-order valence-electron chi connectivity index (χ3n) is 5.46. The third-order valence-corrected chi connectivity index (χ3v) is 5.46. The number of aliphatic carboxylic acids is 1. The molecule has 0 aromatic carbocycles. The van der Waals surface area contributed by atoms with Gasteiger partial charge in [-0.2, -0.15) is 0 Å². The van der Waals surface area contributed by atoms with Gasteiger partial charge in [-0.15, -0.1) is 0 Å². The molecular formula is C17H26N4O3. The van der Waals surface area contributed by atoms with E-state index in [9.17, 15) is 14.7 Å². The van der Waals surface area contributed by atoms with Crippen molar-refractivity contribution in [2.75, 3.05) is 18.0 Å². The van der Waals surface area contributed by atoms with Crippen LogP contribution in [0.5, 0.6) is 0 Å². The molecule has 0 atom stereocenters. The quantitative estimate of drug-likeness (QED) is 0.816. The lowest BCUT2D eigenvalue weighted by Gasteiger charge is -2.36. The largest absolute Gasteiger partial charge is 0.480 e. The zero-order chi connectivity index (χ0) is 17.2. The minimum absolute atomic E-state index is 0.0483. The topological polar surface area (TPSA) is 87.5 Å². The molecule has 1 aromatic heterocycles. The summed E-state index contributed by atoms with van der Waals surface area (Å²) in [5.74, 6) is -0.315. The third kappa shape index (κ3) is 3.12. The van der Waals surface area contributed by atoms with Gasteiger partial charge in [0.25, 0.3) is 0 Å². The molecule has 132 valence electrons. The molecule has 3 rings (SSSR count). The Kier molecular flexibility index (Phi) is 4.78. The van der Waals surface area contributed by atoms with Crippen LogP contribution in [0.1, 0.15) is 44.9 Å². The van der Waals surface area contributed by atoms with E-state index in [1.165, 1.54) is 0 Å². The highest BCUT2D eigenvalue weighted by molar-refractivity contribution is 6.02. The zero-order valence-electron chi connectivity index (χ0n) is 14.2. The van der Waals surface area contributed by atoms with E-state index in [0.717, 1.165) is 51.1 Å². The van der Waals surface area contributed by atoms with Crippen LogP contribution in [0.2, 0.25) is 0 Å². The van der Waals surface area contributed by atoms with E-state index in [4.69, 9.17) is 0 Å². The fourth-order valence-electron chi connectivity index (χ4n) is 3.90. The molecule has 0 radical (unpaired) electrons. The SMILES string of the molecule is Cn1ccnc1N1CCC(NC(=O)C2(C(=O)O)CCCCC2)CC1. The van der Waals surface area contributed by atoms with Gasteiger partial charge in [0.2, 0.25) is 11.9 Å². The Morgan fingerprint density at radius 2 is 1.92 bits per heavy atom. The fourth-order valence-corrected chi connectivity index (χ4v) is 3.90. The number of carboxylic acids is 1. The highest BCUT2D eigenvalue weighted by atomic mass is 16.4. The predicted molar refractivity (Wildman–Crippen MR) is 89.7 cm³/mol. The number of imidazole rings is 1. The number of rotatable bonds is 4. The maximum Gasteiger partial charge on any atom is 0.319 e. The van der Waals surface area contributed by atoms with Crippen LogP contribution in [0.3, 0.4) is 0 Å². The van der Waals surface area contributed by atoms with E-state index < -0.39 is 11.4 Å². The first-order valence-electron chi connectivity index (χ1n) is 8.79. The number of carbonyl (C=O) groups excluding carboxylic acids is 1. The highest BCUT2D eigenvalue weighted by Crippen LogP contribution is 2.37. The van der Waals surface area contributed by atoms with Crippen LogP contribution in [0.4, 0.5) is 5.95 Å². The number of nitrogens with zero attached hydrogens (tertiary/aromatic N) is 3.